The summed E-state index contributed by atoms with van der Waals surface area (Å²) in [6.07, 6.45) is 1.86. The van der Waals surface area contributed by atoms with Gasteiger partial charge in [-0.1, -0.05) is 0 Å². The molecule has 0 radical (unpaired) electrons. The van der Waals surface area contributed by atoms with Crippen molar-refractivity contribution >= 4 is 11.9 Å². The Hall–Kier alpha value is -1.85. The Bertz CT molecular complexity index is 386. The number of carboxylic acid groups (broad SMARTS) is 1. The van der Waals surface area contributed by atoms with E-state index in [1.54, 1.807) is 16.9 Å². The van der Waals surface area contributed by atoms with E-state index >= 15 is 0 Å². The van der Waals surface area contributed by atoms with E-state index in [2.05, 4.69) is 10.4 Å². The molecule has 1 rings (SSSR count). The zero-order valence-corrected chi connectivity index (χ0v) is 9.30. The fourth-order valence-corrected chi connectivity index (χ4v) is 1.47. The maximum Gasteiger partial charge on any atom is 0.326 e. The minimum Gasteiger partial charge on any atom is -0.480 e. The van der Waals surface area contributed by atoms with Crippen LogP contribution in [0.4, 0.5) is 0 Å². The van der Waals surface area contributed by atoms with Crippen molar-refractivity contribution in [1.82, 2.24) is 15.1 Å². The lowest BCUT2D eigenvalue weighted by atomic mass is 10.1. The van der Waals surface area contributed by atoms with Crippen LogP contribution in [0.5, 0.6) is 0 Å². The number of carboxylic acids is 1. The molecule has 0 saturated heterocycles. The average molecular weight is 225 g/mol. The Kier molecular flexibility index (Phi) is 4.04. The summed E-state index contributed by atoms with van der Waals surface area (Å²) in [7, 11) is 0. The summed E-state index contributed by atoms with van der Waals surface area (Å²) in [5.74, 6) is -1.39. The van der Waals surface area contributed by atoms with Crippen molar-refractivity contribution in [3.05, 3.63) is 18.0 Å². The van der Waals surface area contributed by atoms with Gasteiger partial charge in [0.05, 0.1) is 0 Å². The first-order valence-corrected chi connectivity index (χ1v) is 5.05. The lowest BCUT2D eigenvalue weighted by molar-refractivity contribution is -0.141. The van der Waals surface area contributed by atoms with Crippen LogP contribution in [0.3, 0.4) is 0 Å². The molecule has 1 unspecified atom stereocenters. The molecule has 0 spiro atoms. The fraction of sp³-hybridized carbons (Fsp3) is 0.500. The third kappa shape index (κ3) is 3.08. The van der Waals surface area contributed by atoms with E-state index in [-0.39, 0.29) is 12.3 Å². The fourth-order valence-electron chi connectivity index (χ4n) is 1.47. The van der Waals surface area contributed by atoms with Gasteiger partial charge < -0.3 is 10.4 Å². The van der Waals surface area contributed by atoms with Gasteiger partial charge in [-0.25, -0.2) is 4.79 Å². The highest BCUT2D eigenvalue weighted by molar-refractivity contribution is 5.82. The Labute approximate surface area is 93.3 Å². The zero-order valence-electron chi connectivity index (χ0n) is 9.30. The van der Waals surface area contributed by atoms with Gasteiger partial charge in [0.15, 0.2) is 0 Å². The molecule has 1 amide bonds. The molecule has 0 bridgehead atoms. The minimum atomic E-state index is -1.04. The van der Waals surface area contributed by atoms with Crippen molar-refractivity contribution in [3.63, 3.8) is 0 Å². The average Bonchev–Trinajstić information content (AvgIpc) is 2.63. The smallest absolute Gasteiger partial charge is 0.326 e. The number of nitrogens with one attached hydrogen (secondary N) is 1. The van der Waals surface area contributed by atoms with Crippen LogP contribution in [0.25, 0.3) is 0 Å². The van der Waals surface area contributed by atoms with Crippen molar-refractivity contribution in [2.45, 2.75) is 32.9 Å². The third-order valence-electron chi connectivity index (χ3n) is 2.19. The molecule has 0 saturated carbocycles. The van der Waals surface area contributed by atoms with E-state index in [1.165, 1.54) is 6.92 Å². The molecule has 0 aromatic carbocycles. The Morgan fingerprint density at radius 1 is 1.62 bits per heavy atom. The molecule has 1 aromatic heterocycles. The van der Waals surface area contributed by atoms with Gasteiger partial charge in [0.2, 0.25) is 5.91 Å². The predicted molar refractivity (Wildman–Crippen MR) is 56.8 cm³/mol. The molecule has 0 aliphatic heterocycles. The first kappa shape index (κ1) is 12.2. The molecule has 6 heteroatoms. The van der Waals surface area contributed by atoms with Crippen LogP contribution in [0.15, 0.2) is 12.3 Å². The van der Waals surface area contributed by atoms with Gasteiger partial charge in [0.1, 0.15) is 6.04 Å². The number of rotatable bonds is 5. The number of amides is 1. The Balaban J connectivity index is 2.75. The normalized spacial score (nSPS) is 12.1. The van der Waals surface area contributed by atoms with Crippen LogP contribution >= 0.6 is 0 Å². The summed E-state index contributed by atoms with van der Waals surface area (Å²) in [5.41, 5.74) is 0.795. The van der Waals surface area contributed by atoms with Crippen molar-refractivity contribution in [1.29, 1.82) is 0 Å². The number of nitrogens with zero attached hydrogens (tertiary/aromatic N) is 2. The highest BCUT2D eigenvalue weighted by atomic mass is 16.4. The van der Waals surface area contributed by atoms with Crippen LogP contribution < -0.4 is 5.32 Å². The Morgan fingerprint density at radius 3 is 2.81 bits per heavy atom. The Morgan fingerprint density at radius 2 is 2.31 bits per heavy atom. The van der Waals surface area contributed by atoms with E-state index in [1.807, 2.05) is 6.92 Å². The molecule has 16 heavy (non-hydrogen) atoms. The van der Waals surface area contributed by atoms with Crippen LogP contribution in [0, 0.1) is 0 Å². The number of hydrogen-bond donors (Lipinski definition) is 2. The quantitative estimate of drug-likeness (QED) is 0.740. The van der Waals surface area contributed by atoms with Gasteiger partial charge in [-0.2, -0.15) is 5.10 Å². The zero-order chi connectivity index (χ0) is 12.1. The monoisotopic (exact) mass is 225 g/mol. The van der Waals surface area contributed by atoms with E-state index in [0.717, 1.165) is 5.69 Å². The summed E-state index contributed by atoms with van der Waals surface area (Å²) in [6, 6.07) is 0.848. The molecular formula is C10H15N3O3. The SMILES string of the molecule is CCn1nccc1CC(NC(C)=O)C(=O)O. The molecule has 0 aliphatic carbocycles. The number of aryl methyl sites for hydroxylation is 1. The summed E-state index contributed by atoms with van der Waals surface area (Å²) in [4.78, 5) is 21.8. The van der Waals surface area contributed by atoms with Crippen LogP contribution in [-0.4, -0.2) is 32.8 Å². The third-order valence-corrected chi connectivity index (χ3v) is 2.19. The lowest BCUT2D eigenvalue weighted by Crippen LogP contribution is -2.41. The molecule has 2 N–H and O–H groups in total. The molecule has 0 aliphatic rings. The summed E-state index contributed by atoms with van der Waals surface area (Å²) in [6.45, 7) is 3.90. The second-order valence-electron chi connectivity index (χ2n) is 3.43. The largest absolute Gasteiger partial charge is 0.480 e. The van der Waals surface area contributed by atoms with Gasteiger partial charge in [-0.05, 0) is 13.0 Å². The molecule has 1 heterocycles. The summed E-state index contributed by atoms with van der Waals surface area (Å²) < 4.78 is 1.71. The predicted octanol–water partition coefficient (Wildman–Crippen LogP) is 0.0348. The van der Waals surface area contributed by atoms with Gasteiger partial charge >= 0.3 is 5.97 Å². The number of aromatic nitrogens is 2. The number of carbonyl (C=O) groups excluding carboxylic acids is 1. The van der Waals surface area contributed by atoms with Gasteiger partial charge in [-0.15, -0.1) is 0 Å². The van der Waals surface area contributed by atoms with Gasteiger partial charge in [0, 0.05) is 31.8 Å². The number of hydrogen-bond acceptors (Lipinski definition) is 3. The van der Waals surface area contributed by atoms with E-state index in [9.17, 15) is 9.59 Å². The van der Waals surface area contributed by atoms with Crippen molar-refractivity contribution in [2.24, 2.45) is 0 Å². The van der Waals surface area contributed by atoms with Crippen LogP contribution in [0.1, 0.15) is 19.5 Å². The minimum absolute atomic E-state index is 0.239. The van der Waals surface area contributed by atoms with Gasteiger partial charge in [0.25, 0.3) is 0 Å². The lowest BCUT2D eigenvalue weighted by Gasteiger charge is -2.13. The molecule has 88 valence electrons. The maximum absolute atomic E-state index is 10.9. The maximum atomic E-state index is 10.9. The first-order valence-electron chi connectivity index (χ1n) is 5.05. The number of aliphatic carboxylic acids is 1. The highest BCUT2D eigenvalue weighted by Gasteiger charge is 2.20. The molecule has 6 nitrogen and oxygen atoms in total. The van der Waals surface area contributed by atoms with Gasteiger partial charge in [-0.3, -0.25) is 9.48 Å². The van der Waals surface area contributed by atoms with Crippen molar-refractivity contribution < 1.29 is 14.7 Å². The van der Waals surface area contributed by atoms with Crippen molar-refractivity contribution in [3.8, 4) is 0 Å². The topological polar surface area (TPSA) is 84.2 Å². The van der Waals surface area contributed by atoms with Crippen molar-refractivity contribution in [2.75, 3.05) is 0 Å². The second kappa shape index (κ2) is 5.29. The van der Waals surface area contributed by atoms with Crippen LogP contribution in [-0.2, 0) is 22.6 Å². The second-order valence-corrected chi connectivity index (χ2v) is 3.43. The first-order chi connectivity index (χ1) is 7.54. The molecular weight excluding hydrogens is 210 g/mol. The molecule has 1 atom stereocenters. The standard InChI is InChI=1S/C10H15N3O3/c1-3-13-8(4-5-11-13)6-9(10(15)16)12-7(2)14/h4-5,9H,3,6H2,1-2H3,(H,12,14)(H,15,16). The molecule has 0 fully saturated rings. The van der Waals surface area contributed by atoms with Crippen LogP contribution in [0.2, 0.25) is 0 Å². The number of carbonyl (C=O) groups is 2. The summed E-state index contributed by atoms with van der Waals surface area (Å²) >= 11 is 0. The summed E-state index contributed by atoms with van der Waals surface area (Å²) in [5, 5.41) is 15.4. The van der Waals surface area contributed by atoms with E-state index in [0.29, 0.717) is 6.54 Å². The molecule has 1 aromatic rings. The van der Waals surface area contributed by atoms with E-state index in [4.69, 9.17) is 5.11 Å². The highest BCUT2D eigenvalue weighted by Crippen LogP contribution is 2.03. The van der Waals surface area contributed by atoms with E-state index < -0.39 is 12.0 Å².